The van der Waals surface area contributed by atoms with E-state index < -0.39 is 30.2 Å². The maximum Gasteiger partial charge on any atom is 0.414 e. The quantitative estimate of drug-likeness (QED) is 0.773. The number of imide groups is 1. The molecule has 0 fully saturated rings. The molecule has 0 bridgehead atoms. The molecule has 0 heterocycles. The highest BCUT2D eigenvalue weighted by atomic mass is 16.4. The van der Waals surface area contributed by atoms with E-state index in [0.717, 1.165) is 11.1 Å². The lowest BCUT2D eigenvalue weighted by Crippen LogP contribution is -2.41. The average molecular weight is 333 g/mol. The molecular formula is C16H19N3O5. The predicted molar refractivity (Wildman–Crippen MR) is 86.0 cm³/mol. The van der Waals surface area contributed by atoms with Crippen LogP contribution in [0.4, 0.5) is 15.3 Å². The van der Waals surface area contributed by atoms with Crippen molar-refractivity contribution in [2.75, 3.05) is 18.9 Å². The third-order valence-electron chi connectivity index (χ3n) is 3.88. The lowest BCUT2D eigenvalue weighted by atomic mass is 9.99. The van der Waals surface area contributed by atoms with Crippen molar-refractivity contribution in [3.05, 3.63) is 29.3 Å². The van der Waals surface area contributed by atoms with Crippen LogP contribution in [0.1, 0.15) is 30.4 Å². The first kappa shape index (κ1) is 17.5. The molecule has 3 N–H and O–H groups in total. The van der Waals surface area contributed by atoms with Crippen LogP contribution in [0.5, 0.6) is 0 Å². The van der Waals surface area contributed by atoms with Crippen molar-refractivity contribution >= 4 is 29.5 Å². The Labute approximate surface area is 138 Å². The van der Waals surface area contributed by atoms with Crippen LogP contribution in [0.2, 0.25) is 0 Å². The Morgan fingerprint density at radius 3 is 2.58 bits per heavy atom. The van der Waals surface area contributed by atoms with Crippen LogP contribution < -0.4 is 10.6 Å². The highest BCUT2D eigenvalue weighted by Crippen LogP contribution is 2.36. The van der Waals surface area contributed by atoms with Crippen LogP contribution in [0.25, 0.3) is 0 Å². The summed E-state index contributed by atoms with van der Waals surface area (Å²) in [5, 5.41) is 14.3. The monoisotopic (exact) mass is 333 g/mol. The summed E-state index contributed by atoms with van der Waals surface area (Å²) in [6.07, 6.45) is -0.358. The number of hydrogen-bond donors (Lipinski definition) is 3. The van der Waals surface area contributed by atoms with E-state index in [2.05, 4.69) is 10.6 Å². The molecule has 0 saturated heterocycles. The van der Waals surface area contributed by atoms with Gasteiger partial charge in [-0.15, -0.1) is 0 Å². The summed E-state index contributed by atoms with van der Waals surface area (Å²) in [5.41, 5.74) is 2.22. The van der Waals surface area contributed by atoms with E-state index >= 15 is 0 Å². The zero-order chi connectivity index (χ0) is 17.9. The molecule has 0 saturated carbocycles. The van der Waals surface area contributed by atoms with Crippen LogP contribution in [0.15, 0.2) is 18.2 Å². The van der Waals surface area contributed by atoms with Crippen molar-refractivity contribution in [3.8, 4) is 0 Å². The van der Waals surface area contributed by atoms with Gasteiger partial charge in [-0.3, -0.25) is 9.59 Å². The number of anilines is 1. The summed E-state index contributed by atoms with van der Waals surface area (Å²) < 4.78 is 0. The first-order chi connectivity index (χ1) is 11.3. The summed E-state index contributed by atoms with van der Waals surface area (Å²) in [6.45, 7) is 0.791. The van der Waals surface area contributed by atoms with Gasteiger partial charge >= 0.3 is 12.1 Å². The minimum atomic E-state index is -1.43. The number of urea groups is 1. The number of ketones is 1. The second-order valence-electron chi connectivity index (χ2n) is 5.62. The number of nitrogens with zero attached hydrogens (tertiary/aromatic N) is 1. The fourth-order valence-corrected chi connectivity index (χ4v) is 2.80. The van der Waals surface area contributed by atoms with Gasteiger partial charge in [-0.05, 0) is 43.0 Å². The molecule has 128 valence electrons. The van der Waals surface area contributed by atoms with Gasteiger partial charge in [0.25, 0.3) is 0 Å². The number of amides is 4. The van der Waals surface area contributed by atoms with Gasteiger partial charge < -0.3 is 15.7 Å². The SMILES string of the molecule is CNC(=O)Nc1ccc2c(c1)CC[C@@H]2C(=O)N(CC(C)=O)C(=O)O. The van der Waals surface area contributed by atoms with E-state index in [1.165, 1.54) is 14.0 Å². The molecule has 1 aromatic carbocycles. The molecule has 0 aliphatic heterocycles. The third kappa shape index (κ3) is 3.70. The standard InChI is InChI=1S/C16H19N3O5/c1-9(20)8-19(16(23)24)14(21)13-5-3-10-7-11(4-6-12(10)13)18-15(22)17-2/h4,6-7,13H,3,5,8H2,1-2H3,(H,23,24)(H2,17,18,22)/t13-/m0/s1. The molecule has 0 unspecified atom stereocenters. The van der Waals surface area contributed by atoms with E-state index in [-0.39, 0.29) is 6.03 Å². The van der Waals surface area contributed by atoms with E-state index in [0.29, 0.717) is 23.4 Å². The molecule has 1 aliphatic carbocycles. The van der Waals surface area contributed by atoms with Crippen molar-refractivity contribution in [2.45, 2.75) is 25.7 Å². The number of rotatable bonds is 4. The second kappa shape index (κ2) is 7.12. The lowest BCUT2D eigenvalue weighted by molar-refractivity contribution is -0.134. The Morgan fingerprint density at radius 2 is 2.00 bits per heavy atom. The number of carboxylic acid groups (broad SMARTS) is 1. The zero-order valence-electron chi connectivity index (χ0n) is 13.5. The van der Waals surface area contributed by atoms with Crippen LogP contribution in [-0.4, -0.2) is 47.4 Å². The largest absolute Gasteiger partial charge is 0.465 e. The van der Waals surface area contributed by atoms with Crippen LogP contribution >= 0.6 is 0 Å². The van der Waals surface area contributed by atoms with E-state index in [9.17, 15) is 19.2 Å². The Balaban J connectivity index is 2.21. The van der Waals surface area contributed by atoms with Crippen LogP contribution in [-0.2, 0) is 16.0 Å². The van der Waals surface area contributed by atoms with Crippen LogP contribution in [0, 0.1) is 0 Å². The fraction of sp³-hybridized carbons (Fsp3) is 0.375. The first-order valence-corrected chi connectivity index (χ1v) is 7.48. The maximum absolute atomic E-state index is 12.5. The van der Waals surface area contributed by atoms with Gasteiger partial charge in [0.15, 0.2) is 0 Å². The van der Waals surface area contributed by atoms with Gasteiger partial charge in [-0.25, -0.2) is 14.5 Å². The molecule has 1 atom stereocenters. The van der Waals surface area contributed by atoms with Crippen molar-refractivity contribution in [3.63, 3.8) is 0 Å². The Bertz CT molecular complexity index is 701. The summed E-state index contributed by atoms with van der Waals surface area (Å²) >= 11 is 0. The third-order valence-corrected chi connectivity index (χ3v) is 3.88. The minimum Gasteiger partial charge on any atom is -0.465 e. The molecule has 1 aliphatic rings. The molecule has 8 nitrogen and oxygen atoms in total. The molecular weight excluding hydrogens is 314 g/mol. The number of benzene rings is 1. The number of hydrogen-bond acceptors (Lipinski definition) is 4. The Kier molecular flexibility index (Phi) is 5.18. The van der Waals surface area contributed by atoms with Gasteiger partial charge in [0.2, 0.25) is 5.91 Å². The number of fused-ring (bicyclic) bond motifs is 1. The normalized spacial score (nSPS) is 15.3. The minimum absolute atomic E-state index is 0.348. The number of Topliss-reactive ketones (excluding diaryl/α,β-unsaturated/α-hetero) is 1. The molecule has 0 aromatic heterocycles. The summed E-state index contributed by atoms with van der Waals surface area (Å²) in [5.74, 6) is -1.58. The Morgan fingerprint density at radius 1 is 1.29 bits per heavy atom. The molecule has 2 rings (SSSR count). The first-order valence-electron chi connectivity index (χ1n) is 7.48. The molecule has 4 amide bonds. The average Bonchev–Trinajstić information content (AvgIpc) is 2.94. The van der Waals surface area contributed by atoms with Gasteiger partial charge in [0, 0.05) is 12.7 Å². The highest BCUT2D eigenvalue weighted by molar-refractivity contribution is 5.99. The number of nitrogens with one attached hydrogen (secondary N) is 2. The van der Waals surface area contributed by atoms with E-state index in [1.54, 1.807) is 18.2 Å². The van der Waals surface area contributed by atoms with Crippen LogP contribution in [0.3, 0.4) is 0 Å². The van der Waals surface area contributed by atoms with E-state index in [4.69, 9.17) is 5.11 Å². The van der Waals surface area contributed by atoms with Crippen molar-refractivity contribution in [2.24, 2.45) is 0 Å². The van der Waals surface area contributed by atoms with E-state index in [1.807, 2.05) is 0 Å². The number of aryl methyl sites for hydroxylation is 1. The Hall–Kier alpha value is -2.90. The topological polar surface area (TPSA) is 116 Å². The van der Waals surface area contributed by atoms with Gasteiger partial charge in [-0.2, -0.15) is 0 Å². The maximum atomic E-state index is 12.5. The second-order valence-corrected chi connectivity index (χ2v) is 5.62. The molecule has 0 radical (unpaired) electrons. The van der Waals surface area contributed by atoms with Crippen molar-refractivity contribution in [1.82, 2.24) is 10.2 Å². The smallest absolute Gasteiger partial charge is 0.414 e. The molecule has 24 heavy (non-hydrogen) atoms. The van der Waals surface area contributed by atoms with Crippen molar-refractivity contribution < 1.29 is 24.3 Å². The molecule has 1 aromatic rings. The molecule has 0 spiro atoms. The van der Waals surface area contributed by atoms with Gasteiger partial charge in [-0.1, -0.05) is 6.07 Å². The lowest BCUT2D eigenvalue weighted by Gasteiger charge is -2.20. The fourth-order valence-electron chi connectivity index (χ4n) is 2.80. The molecule has 8 heteroatoms. The number of carbonyl (C=O) groups is 4. The summed E-state index contributed by atoms with van der Waals surface area (Å²) in [7, 11) is 1.51. The summed E-state index contributed by atoms with van der Waals surface area (Å²) in [6, 6.07) is 4.80. The number of carbonyl (C=O) groups excluding carboxylic acids is 3. The highest BCUT2D eigenvalue weighted by Gasteiger charge is 2.35. The zero-order valence-corrected chi connectivity index (χ0v) is 13.5. The van der Waals surface area contributed by atoms with Gasteiger partial charge in [0.1, 0.15) is 5.78 Å². The summed E-state index contributed by atoms with van der Waals surface area (Å²) in [4.78, 5) is 46.9. The van der Waals surface area contributed by atoms with Crippen molar-refractivity contribution in [1.29, 1.82) is 0 Å². The predicted octanol–water partition coefficient (Wildman–Crippen LogP) is 1.56. The van der Waals surface area contributed by atoms with Gasteiger partial charge in [0.05, 0.1) is 12.5 Å².